The number of carbonyl (C=O) groups excluding carboxylic acids is 2. The molecular formula is C18H27NO4. The van der Waals surface area contributed by atoms with Crippen LogP contribution < -0.4 is 5.32 Å². The van der Waals surface area contributed by atoms with Crippen molar-refractivity contribution in [3.05, 3.63) is 35.4 Å². The smallest absolute Gasteiger partial charge is 0.407 e. The van der Waals surface area contributed by atoms with Gasteiger partial charge in [0.25, 0.3) is 0 Å². The van der Waals surface area contributed by atoms with E-state index in [1.165, 1.54) is 0 Å². The van der Waals surface area contributed by atoms with E-state index in [0.29, 0.717) is 5.56 Å². The van der Waals surface area contributed by atoms with Crippen molar-refractivity contribution in [2.24, 2.45) is 0 Å². The summed E-state index contributed by atoms with van der Waals surface area (Å²) in [6.07, 6.45) is -0.525. The van der Waals surface area contributed by atoms with Crippen molar-refractivity contribution in [3.8, 4) is 0 Å². The monoisotopic (exact) mass is 321 g/mol. The van der Waals surface area contributed by atoms with Crippen molar-refractivity contribution in [1.29, 1.82) is 0 Å². The van der Waals surface area contributed by atoms with E-state index in [2.05, 4.69) is 26.1 Å². The molecule has 1 aromatic carbocycles. The van der Waals surface area contributed by atoms with E-state index in [9.17, 15) is 9.59 Å². The third-order valence-electron chi connectivity index (χ3n) is 2.99. The summed E-state index contributed by atoms with van der Waals surface area (Å²) in [5.74, 6) is -0.406. The average Bonchev–Trinajstić information content (AvgIpc) is 2.40. The lowest BCUT2D eigenvalue weighted by Gasteiger charge is -2.19. The Morgan fingerprint density at radius 1 is 1.00 bits per heavy atom. The number of alkyl carbamates (subject to hydrolysis) is 1. The van der Waals surface area contributed by atoms with Gasteiger partial charge in [-0.05, 0) is 43.9 Å². The molecule has 0 radical (unpaired) electrons. The van der Waals surface area contributed by atoms with Crippen LogP contribution >= 0.6 is 0 Å². The number of esters is 1. The number of benzene rings is 1. The molecule has 0 aliphatic carbocycles. The summed E-state index contributed by atoms with van der Waals surface area (Å²) in [4.78, 5) is 23.3. The molecule has 23 heavy (non-hydrogen) atoms. The van der Waals surface area contributed by atoms with Crippen LogP contribution in [-0.2, 0) is 14.9 Å². The molecule has 0 fully saturated rings. The van der Waals surface area contributed by atoms with Crippen LogP contribution in [0.25, 0.3) is 0 Å². The Kier molecular flexibility index (Phi) is 6.19. The largest absolute Gasteiger partial charge is 0.460 e. The van der Waals surface area contributed by atoms with E-state index < -0.39 is 17.7 Å². The number of rotatable bonds is 4. The minimum Gasteiger partial charge on any atom is -0.460 e. The molecule has 1 N–H and O–H groups in total. The van der Waals surface area contributed by atoms with Gasteiger partial charge in [-0.25, -0.2) is 9.59 Å². The molecule has 1 aromatic rings. The van der Waals surface area contributed by atoms with Gasteiger partial charge in [0.1, 0.15) is 12.2 Å². The first-order valence-electron chi connectivity index (χ1n) is 7.73. The molecule has 1 amide bonds. The summed E-state index contributed by atoms with van der Waals surface area (Å²) < 4.78 is 10.2. The summed E-state index contributed by atoms with van der Waals surface area (Å²) in [7, 11) is 0. The third-order valence-corrected chi connectivity index (χ3v) is 2.99. The van der Waals surface area contributed by atoms with Gasteiger partial charge < -0.3 is 14.8 Å². The lowest BCUT2D eigenvalue weighted by molar-refractivity contribution is 0.0433. The quantitative estimate of drug-likeness (QED) is 0.679. The summed E-state index contributed by atoms with van der Waals surface area (Å²) in [6.45, 7) is 12.0. The normalized spacial score (nSPS) is 11.7. The highest BCUT2D eigenvalue weighted by Crippen LogP contribution is 2.22. The molecule has 0 saturated carbocycles. The molecule has 0 aliphatic heterocycles. The second-order valence-corrected chi connectivity index (χ2v) is 7.39. The summed E-state index contributed by atoms with van der Waals surface area (Å²) in [5, 5.41) is 2.54. The Hall–Kier alpha value is -2.04. The van der Waals surface area contributed by atoms with Crippen molar-refractivity contribution in [3.63, 3.8) is 0 Å². The van der Waals surface area contributed by atoms with E-state index in [0.717, 1.165) is 5.56 Å². The van der Waals surface area contributed by atoms with Crippen LogP contribution in [0.5, 0.6) is 0 Å². The number of amides is 1. The van der Waals surface area contributed by atoms with E-state index >= 15 is 0 Å². The van der Waals surface area contributed by atoms with Crippen LogP contribution in [0.4, 0.5) is 4.79 Å². The first kappa shape index (κ1) is 19.0. The standard InChI is InChI=1S/C18H27NO4/c1-17(2,3)14-9-7-13(8-10-14)15(20)22-12-11-19-16(21)23-18(4,5)6/h7-10H,11-12H2,1-6H3,(H,19,21). The van der Waals surface area contributed by atoms with Crippen LogP contribution in [0.15, 0.2) is 24.3 Å². The molecule has 0 unspecified atom stereocenters. The maximum absolute atomic E-state index is 11.9. The van der Waals surface area contributed by atoms with E-state index in [4.69, 9.17) is 9.47 Å². The molecule has 0 bridgehead atoms. The van der Waals surface area contributed by atoms with Gasteiger partial charge in [-0.15, -0.1) is 0 Å². The number of nitrogens with one attached hydrogen (secondary N) is 1. The van der Waals surface area contributed by atoms with Crippen molar-refractivity contribution >= 4 is 12.1 Å². The number of hydrogen-bond donors (Lipinski definition) is 1. The fourth-order valence-corrected chi connectivity index (χ4v) is 1.80. The molecule has 1 rings (SSSR count). The number of hydrogen-bond acceptors (Lipinski definition) is 4. The third kappa shape index (κ3) is 7.17. The molecule has 0 spiro atoms. The molecule has 0 atom stereocenters. The highest BCUT2D eigenvalue weighted by Gasteiger charge is 2.16. The van der Waals surface area contributed by atoms with Crippen molar-refractivity contribution < 1.29 is 19.1 Å². The first-order chi connectivity index (χ1) is 10.5. The summed E-state index contributed by atoms with van der Waals surface area (Å²) >= 11 is 0. The molecule has 128 valence electrons. The van der Waals surface area contributed by atoms with Gasteiger partial charge in [-0.3, -0.25) is 0 Å². The fraction of sp³-hybridized carbons (Fsp3) is 0.556. The van der Waals surface area contributed by atoms with E-state index in [-0.39, 0.29) is 18.6 Å². The molecular weight excluding hydrogens is 294 g/mol. The van der Waals surface area contributed by atoms with Gasteiger partial charge in [0.2, 0.25) is 0 Å². The van der Waals surface area contributed by atoms with Gasteiger partial charge in [0, 0.05) is 0 Å². The molecule has 5 heteroatoms. The van der Waals surface area contributed by atoms with E-state index in [1.54, 1.807) is 32.9 Å². The zero-order valence-corrected chi connectivity index (χ0v) is 14.9. The van der Waals surface area contributed by atoms with Gasteiger partial charge in [0.05, 0.1) is 12.1 Å². The van der Waals surface area contributed by atoms with Crippen LogP contribution in [0, 0.1) is 0 Å². The van der Waals surface area contributed by atoms with Crippen LogP contribution in [0.3, 0.4) is 0 Å². The highest BCUT2D eigenvalue weighted by molar-refractivity contribution is 5.89. The lowest BCUT2D eigenvalue weighted by atomic mass is 9.87. The Bertz CT molecular complexity index is 536. The van der Waals surface area contributed by atoms with Gasteiger partial charge >= 0.3 is 12.1 Å². The van der Waals surface area contributed by atoms with Gasteiger partial charge in [-0.2, -0.15) is 0 Å². The first-order valence-corrected chi connectivity index (χ1v) is 7.73. The Labute approximate surface area is 138 Å². The summed E-state index contributed by atoms with van der Waals surface area (Å²) in [6, 6.07) is 7.36. The van der Waals surface area contributed by atoms with Crippen LogP contribution in [0.1, 0.15) is 57.5 Å². The minimum atomic E-state index is -0.546. The second kappa shape index (κ2) is 7.49. The Balaban J connectivity index is 2.39. The zero-order chi connectivity index (χ0) is 17.7. The molecule has 0 heterocycles. The van der Waals surface area contributed by atoms with Crippen LogP contribution in [-0.4, -0.2) is 30.8 Å². The zero-order valence-electron chi connectivity index (χ0n) is 14.9. The minimum absolute atomic E-state index is 0.0414. The predicted octanol–water partition coefficient (Wildman–Crippen LogP) is 3.67. The summed E-state index contributed by atoms with van der Waals surface area (Å²) in [5.41, 5.74) is 1.14. The van der Waals surface area contributed by atoms with Crippen molar-refractivity contribution in [1.82, 2.24) is 5.32 Å². The SMILES string of the molecule is CC(C)(C)OC(=O)NCCOC(=O)c1ccc(C(C)(C)C)cc1. The highest BCUT2D eigenvalue weighted by atomic mass is 16.6. The molecule has 0 aromatic heterocycles. The Morgan fingerprint density at radius 2 is 1.57 bits per heavy atom. The lowest BCUT2D eigenvalue weighted by Crippen LogP contribution is -2.34. The molecule has 0 saturated heterocycles. The van der Waals surface area contributed by atoms with Gasteiger partial charge in [0.15, 0.2) is 0 Å². The fourth-order valence-electron chi connectivity index (χ4n) is 1.80. The van der Waals surface area contributed by atoms with Crippen molar-refractivity contribution in [2.45, 2.75) is 52.6 Å². The maximum atomic E-state index is 11.9. The average molecular weight is 321 g/mol. The maximum Gasteiger partial charge on any atom is 0.407 e. The molecule has 5 nitrogen and oxygen atoms in total. The van der Waals surface area contributed by atoms with Crippen LogP contribution in [0.2, 0.25) is 0 Å². The second-order valence-electron chi connectivity index (χ2n) is 7.39. The predicted molar refractivity (Wildman–Crippen MR) is 89.7 cm³/mol. The van der Waals surface area contributed by atoms with E-state index in [1.807, 2.05) is 12.1 Å². The van der Waals surface area contributed by atoms with Crippen molar-refractivity contribution in [2.75, 3.05) is 13.2 Å². The van der Waals surface area contributed by atoms with Gasteiger partial charge in [-0.1, -0.05) is 32.9 Å². The number of ether oxygens (including phenoxy) is 2. The number of carbonyl (C=O) groups is 2. The molecule has 0 aliphatic rings. The Morgan fingerprint density at radius 3 is 2.04 bits per heavy atom. The topological polar surface area (TPSA) is 64.6 Å².